The fourth-order valence-corrected chi connectivity index (χ4v) is 1.01. The molecule has 0 aliphatic rings. The summed E-state index contributed by atoms with van der Waals surface area (Å²) in [5, 5.41) is 0. The van der Waals surface area contributed by atoms with Crippen molar-refractivity contribution in [2.45, 2.75) is 6.42 Å². The molecule has 0 fully saturated rings. The lowest BCUT2D eigenvalue weighted by molar-refractivity contribution is 0.256. The predicted octanol–water partition coefficient (Wildman–Crippen LogP) is 1.96. The maximum atomic E-state index is 5.34. The fraction of sp³-hybridized carbons (Fsp3) is 0.308. The van der Waals surface area contributed by atoms with Crippen molar-refractivity contribution in [3.05, 3.63) is 38.0 Å². The van der Waals surface area contributed by atoms with Gasteiger partial charge in [0.05, 0.1) is 6.61 Å². The number of hydrogen-bond donors (Lipinski definition) is 0. The van der Waals surface area contributed by atoms with Gasteiger partial charge >= 0.3 is 18.0 Å². The fourth-order valence-electron chi connectivity index (χ4n) is 1.01. The van der Waals surface area contributed by atoms with Crippen LogP contribution in [0.5, 0.6) is 18.0 Å². The summed E-state index contributed by atoms with van der Waals surface area (Å²) < 4.78 is 15.8. The average molecular weight is 263 g/mol. The Kier molecular flexibility index (Phi) is 6.71. The van der Waals surface area contributed by atoms with Crippen LogP contribution in [0.1, 0.15) is 6.42 Å². The van der Waals surface area contributed by atoms with E-state index in [0.717, 1.165) is 0 Å². The minimum absolute atomic E-state index is 0.127. The third-order valence-electron chi connectivity index (χ3n) is 1.79. The molecule has 0 spiro atoms. The van der Waals surface area contributed by atoms with Gasteiger partial charge in [-0.05, 0) is 6.42 Å². The van der Waals surface area contributed by atoms with Crippen molar-refractivity contribution < 1.29 is 14.2 Å². The number of aromatic nitrogens is 3. The van der Waals surface area contributed by atoms with Gasteiger partial charge in [0, 0.05) is 0 Å². The van der Waals surface area contributed by atoms with Gasteiger partial charge in [-0.15, -0.1) is 21.5 Å². The van der Waals surface area contributed by atoms with Crippen molar-refractivity contribution in [2.75, 3.05) is 19.8 Å². The standard InChI is InChI=1S/C13H17N3O3/c1-4-7-10-19-13-15-11(17-8-5-2)14-12(16-13)18-9-6-3/h4-6H,1-3,7-10H2. The Balaban J connectivity index is 2.77. The highest BCUT2D eigenvalue weighted by atomic mass is 16.5. The van der Waals surface area contributed by atoms with E-state index in [4.69, 9.17) is 14.2 Å². The van der Waals surface area contributed by atoms with E-state index < -0.39 is 0 Å². The second-order valence-electron chi connectivity index (χ2n) is 3.31. The molecule has 6 nitrogen and oxygen atoms in total. The Bertz CT molecular complexity index is 405. The molecule has 1 aromatic rings. The summed E-state index contributed by atoms with van der Waals surface area (Å²) in [6, 6.07) is 0.403. The summed E-state index contributed by atoms with van der Waals surface area (Å²) in [6.45, 7) is 11.7. The molecule has 0 unspecified atom stereocenters. The Hall–Kier alpha value is -2.37. The monoisotopic (exact) mass is 263 g/mol. The van der Waals surface area contributed by atoms with Crippen molar-refractivity contribution in [2.24, 2.45) is 0 Å². The van der Waals surface area contributed by atoms with Crippen molar-refractivity contribution in [1.82, 2.24) is 15.0 Å². The maximum Gasteiger partial charge on any atom is 0.326 e. The van der Waals surface area contributed by atoms with E-state index in [-0.39, 0.29) is 31.2 Å². The van der Waals surface area contributed by atoms with Crippen LogP contribution in [-0.2, 0) is 0 Å². The second kappa shape index (κ2) is 8.68. The highest BCUT2D eigenvalue weighted by Gasteiger charge is 2.09. The SMILES string of the molecule is C=CCCOc1nc(OCC=C)nc(OCC=C)n1. The van der Waals surface area contributed by atoms with Crippen molar-refractivity contribution in [3.63, 3.8) is 0 Å². The first-order valence-corrected chi connectivity index (χ1v) is 5.77. The molecule has 19 heavy (non-hydrogen) atoms. The summed E-state index contributed by atoms with van der Waals surface area (Å²) in [4.78, 5) is 12.0. The molecular weight excluding hydrogens is 246 g/mol. The lowest BCUT2D eigenvalue weighted by Gasteiger charge is -2.07. The molecule has 0 amide bonds. The van der Waals surface area contributed by atoms with Crippen LogP contribution >= 0.6 is 0 Å². The minimum atomic E-state index is 0.127. The quantitative estimate of drug-likeness (QED) is 0.475. The number of rotatable bonds is 10. The lowest BCUT2D eigenvalue weighted by atomic mass is 10.5. The molecule has 0 N–H and O–H groups in total. The smallest absolute Gasteiger partial charge is 0.326 e. The molecule has 1 rings (SSSR count). The first-order chi connectivity index (χ1) is 9.30. The third kappa shape index (κ3) is 5.67. The highest BCUT2D eigenvalue weighted by molar-refractivity contribution is 5.09. The van der Waals surface area contributed by atoms with Gasteiger partial charge in [-0.1, -0.05) is 31.4 Å². The van der Waals surface area contributed by atoms with Gasteiger partial charge in [-0.2, -0.15) is 0 Å². The zero-order chi connectivity index (χ0) is 13.9. The number of hydrogen-bond acceptors (Lipinski definition) is 6. The Labute approximate surface area is 112 Å². The highest BCUT2D eigenvalue weighted by Crippen LogP contribution is 2.14. The van der Waals surface area contributed by atoms with Gasteiger partial charge in [-0.3, -0.25) is 0 Å². The first-order valence-electron chi connectivity index (χ1n) is 5.77. The summed E-state index contributed by atoms with van der Waals surface area (Å²) >= 11 is 0. The van der Waals surface area contributed by atoms with Gasteiger partial charge < -0.3 is 14.2 Å². The predicted molar refractivity (Wildman–Crippen MR) is 71.5 cm³/mol. The molecule has 0 aliphatic carbocycles. The zero-order valence-corrected chi connectivity index (χ0v) is 10.7. The summed E-state index contributed by atoms with van der Waals surface area (Å²) in [6.07, 6.45) is 5.61. The van der Waals surface area contributed by atoms with Crippen LogP contribution in [0.2, 0.25) is 0 Å². The van der Waals surface area contributed by atoms with E-state index in [1.807, 2.05) is 0 Å². The Morgan fingerprint density at radius 3 is 1.63 bits per heavy atom. The van der Waals surface area contributed by atoms with Crippen molar-refractivity contribution >= 4 is 0 Å². The summed E-state index contributed by atoms with van der Waals surface area (Å²) in [5.41, 5.74) is 0. The van der Waals surface area contributed by atoms with Crippen LogP contribution in [0.25, 0.3) is 0 Å². The van der Waals surface area contributed by atoms with Crippen molar-refractivity contribution in [3.8, 4) is 18.0 Å². The molecule has 0 saturated carbocycles. The average Bonchev–Trinajstić information content (AvgIpc) is 2.43. The van der Waals surface area contributed by atoms with Crippen LogP contribution in [0.15, 0.2) is 38.0 Å². The molecule has 0 atom stereocenters. The molecule has 0 saturated heterocycles. The molecule has 102 valence electrons. The summed E-state index contributed by atoms with van der Waals surface area (Å²) in [5.74, 6) is 0. The Morgan fingerprint density at radius 1 is 0.737 bits per heavy atom. The third-order valence-corrected chi connectivity index (χ3v) is 1.79. The van der Waals surface area contributed by atoms with Gasteiger partial charge in [-0.25, -0.2) is 0 Å². The molecule has 0 aliphatic heterocycles. The van der Waals surface area contributed by atoms with E-state index in [0.29, 0.717) is 13.0 Å². The molecule has 0 aromatic carbocycles. The van der Waals surface area contributed by atoms with E-state index in [9.17, 15) is 0 Å². The van der Waals surface area contributed by atoms with Gasteiger partial charge in [0.2, 0.25) is 0 Å². The molecule has 1 aromatic heterocycles. The molecular formula is C13H17N3O3. The van der Waals surface area contributed by atoms with Crippen LogP contribution in [0, 0.1) is 0 Å². The van der Waals surface area contributed by atoms with E-state index in [1.165, 1.54) is 0 Å². The minimum Gasteiger partial charge on any atom is -0.463 e. The van der Waals surface area contributed by atoms with Crippen LogP contribution in [-0.4, -0.2) is 34.8 Å². The molecule has 6 heteroatoms. The van der Waals surface area contributed by atoms with Crippen LogP contribution in [0.4, 0.5) is 0 Å². The largest absolute Gasteiger partial charge is 0.463 e. The van der Waals surface area contributed by atoms with E-state index in [2.05, 4.69) is 34.7 Å². The number of nitrogens with zero attached hydrogens (tertiary/aromatic N) is 3. The van der Waals surface area contributed by atoms with Gasteiger partial charge in [0.15, 0.2) is 0 Å². The van der Waals surface area contributed by atoms with Crippen LogP contribution < -0.4 is 14.2 Å². The topological polar surface area (TPSA) is 66.4 Å². The van der Waals surface area contributed by atoms with E-state index >= 15 is 0 Å². The van der Waals surface area contributed by atoms with Gasteiger partial charge in [0.25, 0.3) is 0 Å². The van der Waals surface area contributed by atoms with Crippen LogP contribution in [0.3, 0.4) is 0 Å². The number of ether oxygens (including phenoxy) is 3. The molecule has 1 heterocycles. The second-order valence-corrected chi connectivity index (χ2v) is 3.31. The van der Waals surface area contributed by atoms with Crippen molar-refractivity contribution in [1.29, 1.82) is 0 Å². The maximum absolute atomic E-state index is 5.34. The normalized spacial score (nSPS) is 9.47. The van der Waals surface area contributed by atoms with Gasteiger partial charge in [0.1, 0.15) is 13.2 Å². The van der Waals surface area contributed by atoms with E-state index in [1.54, 1.807) is 18.2 Å². The Morgan fingerprint density at radius 2 is 1.21 bits per heavy atom. The first kappa shape index (κ1) is 14.7. The summed E-state index contributed by atoms with van der Waals surface area (Å²) in [7, 11) is 0. The molecule has 0 bridgehead atoms. The lowest BCUT2D eigenvalue weighted by Crippen LogP contribution is -2.07. The molecule has 0 radical (unpaired) electrons. The zero-order valence-electron chi connectivity index (χ0n) is 10.7.